The largest absolute Gasteiger partial charge is 0.381 e. The normalized spacial score (nSPS) is 10.9. The molecule has 0 aromatic heterocycles. The van der Waals surface area contributed by atoms with Crippen LogP contribution in [0.5, 0.6) is 0 Å². The summed E-state index contributed by atoms with van der Waals surface area (Å²) in [5.41, 5.74) is 2.51. The van der Waals surface area contributed by atoms with E-state index < -0.39 is 0 Å². The molecule has 0 aliphatic carbocycles. The maximum atomic E-state index is 9.40. The average molecular weight is 270 g/mol. The van der Waals surface area contributed by atoms with E-state index in [9.17, 15) is 5.11 Å². The molecule has 0 aliphatic heterocycles. The van der Waals surface area contributed by atoms with Crippen molar-refractivity contribution >= 4 is 0 Å². The molecule has 2 N–H and O–H groups in total. The Labute approximate surface area is 120 Å². The van der Waals surface area contributed by atoms with Crippen molar-refractivity contribution in [1.82, 2.24) is 10.2 Å². The van der Waals surface area contributed by atoms with E-state index in [4.69, 9.17) is 0 Å². The molecule has 0 heterocycles. The van der Waals surface area contributed by atoms with E-state index >= 15 is 0 Å². The zero-order valence-electron chi connectivity index (χ0n) is 11.7. The van der Waals surface area contributed by atoms with E-state index in [0.717, 1.165) is 26.2 Å². The minimum absolute atomic E-state index is 0.0852. The van der Waals surface area contributed by atoms with Crippen molar-refractivity contribution in [2.45, 2.75) is 13.1 Å². The average Bonchev–Trinajstić information content (AvgIpc) is 2.52. The number of hydrogen-bond donors (Lipinski definition) is 2. The highest BCUT2D eigenvalue weighted by molar-refractivity contribution is 5.15. The van der Waals surface area contributed by atoms with Crippen LogP contribution in [0.15, 0.2) is 60.7 Å². The number of aliphatic hydroxyl groups excluding tert-OH is 1. The molecule has 0 amide bonds. The highest BCUT2D eigenvalue weighted by atomic mass is 16.3. The molecule has 0 spiro atoms. The number of nitrogens with one attached hydrogen (secondary N) is 1. The van der Waals surface area contributed by atoms with Crippen molar-refractivity contribution in [3.63, 3.8) is 0 Å². The second kappa shape index (κ2) is 8.48. The van der Waals surface area contributed by atoms with E-state index in [1.54, 1.807) is 0 Å². The van der Waals surface area contributed by atoms with Crippen LogP contribution in [0.4, 0.5) is 0 Å². The van der Waals surface area contributed by atoms with Gasteiger partial charge in [-0.15, -0.1) is 0 Å². The molecular weight excluding hydrogens is 248 g/mol. The molecule has 2 aromatic carbocycles. The Morgan fingerprint density at radius 1 is 0.850 bits per heavy atom. The molecule has 0 bridgehead atoms. The van der Waals surface area contributed by atoms with Gasteiger partial charge in [0.25, 0.3) is 0 Å². The van der Waals surface area contributed by atoms with Gasteiger partial charge in [0.15, 0.2) is 0 Å². The Balaban J connectivity index is 1.69. The fraction of sp³-hybridized carbons (Fsp3) is 0.294. The smallest absolute Gasteiger partial charge is 0.0959 e. The van der Waals surface area contributed by atoms with E-state index in [0.29, 0.717) is 0 Å². The fourth-order valence-electron chi connectivity index (χ4n) is 2.11. The van der Waals surface area contributed by atoms with Gasteiger partial charge in [-0.1, -0.05) is 60.7 Å². The third-order valence-corrected chi connectivity index (χ3v) is 3.23. The van der Waals surface area contributed by atoms with Gasteiger partial charge in [0.1, 0.15) is 0 Å². The molecule has 20 heavy (non-hydrogen) atoms. The maximum Gasteiger partial charge on any atom is 0.0959 e. The summed E-state index contributed by atoms with van der Waals surface area (Å²) in [5, 5.41) is 12.8. The summed E-state index contributed by atoms with van der Waals surface area (Å²) >= 11 is 0. The summed E-state index contributed by atoms with van der Waals surface area (Å²) < 4.78 is 0. The SMILES string of the molecule is OCN(CCNCc1ccccc1)Cc1ccccc1. The topological polar surface area (TPSA) is 35.5 Å². The van der Waals surface area contributed by atoms with Crippen molar-refractivity contribution in [3.05, 3.63) is 71.8 Å². The Morgan fingerprint density at radius 3 is 2.05 bits per heavy atom. The minimum atomic E-state index is 0.0852. The van der Waals surface area contributed by atoms with Crippen LogP contribution in [0.1, 0.15) is 11.1 Å². The number of rotatable bonds is 8. The van der Waals surface area contributed by atoms with Crippen LogP contribution in [-0.2, 0) is 13.1 Å². The van der Waals surface area contributed by atoms with Gasteiger partial charge in [0.2, 0.25) is 0 Å². The van der Waals surface area contributed by atoms with Crippen LogP contribution < -0.4 is 5.32 Å². The number of aliphatic hydroxyl groups is 1. The Hall–Kier alpha value is -1.68. The first kappa shape index (κ1) is 14.7. The molecule has 3 nitrogen and oxygen atoms in total. The fourth-order valence-corrected chi connectivity index (χ4v) is 2.11. The lowest BCUT2D eigenvalue weighted by atomic mass is 10.2. The molecule has 106 valence electrons. The summed E-state index contributed by atoms with van der Waals surface area (Å²) in [6.45, 7) is 3.43. The lowest BCUT2D eigenvalue weighted by Gasteiger charge is -2.19. The molecule has 0 radical (unpaired) electrons. The predicted molar refractivity (Wildman–Crippen MR) is 82.1 cm³/mol. The lowest BCUT2D eigenvalue weighted by molar-refractivity contribution is 0.101. The standard InChI is InChI=1S/C17H22N2O/c20-15-19(14-17-9-5-2-6-10-17)12-11-18-13-16-7-3-1-4-8-16/h1-10,18,20H,11-15H2. The Morgan fingerprint density at radius 2 is 1.45 bits per heavy atom. The van der Waals surface area contributed by atoms with E-state index in [2.05, 4.69) is 29.6 Å². The molecule has 0 atom stereocenters. The molecule has 0 fully saturated rings. The molecule has 0 unspecified atom stereocenters. The molecular formula is C17H22N2O. The lowest BCUT2D eigenvalue weighted by Crippen LogP contribution is -2.32. The van der Waals surface area contributed by atoms with Gasteiger partial charge < -0.3 is 10.4 Å². The van der Waals surface area contributed by atoms with Crippen molar-refractivity contribution < 1.29 is 5.11 Å². The summed E-state index contributed by atoms with van der Waals surface area (Å²) in [7, 11) is 0. The highest BCUT2D eigenvalue weighted by Crippen LogP contribution is 2.03. The van der Waals surface area contributed by atoms with E-state index in [1.807, 2.05) is 41.3 Å². The second-order valence-electron chi connectivity index (χ2n) is 4.84. The number of benzene rings is 2. The van der Waals surface area contributed by atoms with E-state index in [1.165, 1.54) is 11.1 Å². The van der Waals surface area contributed by atoms with Gasteiger partial charge in [-0.2, -0.15) is 0 Å². The Bertz CT molecular complexity index is 473. The summed E-state index contributed by atoms with van der Waals surface area (Å²) in [5.74, 6) is 0. The van der Waals surface area contributed by atoms with Gasteiger partial charge in [-0.3, -0.25) is 4.90 Å². The monoisotopic (exact) mass is 270 g/mol. The zero-order valence-corrected chi connectivity index (χ0v) is 11.7. The number of nitrogens with zero attached hydrogens (tertiary/aromatic N) is 1. The summed E-state index contributed by atoms with van der Waals surface area (Å²) in [4.78, 5) is 2.02. The zero-order chi connectivity index (χ0) is 14.0. The minimum Gasteiger partial charge on any atom is -0.381 e. The third-order valence-electron chi connectivity index (χ3n) is 3.23. The number of hydrogen-bond acceptors (Lipinski definition) is 3. The first-order chi connectivity index (χ1) is 9.88. The molecule has 2 aromatic rings. The van der Waals surface area contributed by atoms with Gasteiger partial charge >= 0.3 is 0 Å². The maximum absolute atomic E-state index is 9.40. The van der Waals surface area contributed by atoms with Crippen molar-refractivity contribution in [2.75, 3.05) is 19.8 Å². The van der Waals surface area contributed by atoms with Crippen molar-refractivity contribution in [2.24, 2.45) is 0 Å². The van der Waals surface area contributed by atoms with Gasteiger partial charge in [0, 0.05) is 26.2 Å². The first-order valence-electron chi connectivity index (χ1n) is 7.00. The van der Waals surface area contributed by atoms with Crippen LogP contribution in [0.2, 0.25) is 0 Å². The van der Waals surface area contributed by atoms with Gasteiger partial charge in [0.05, 0.1) is 6.73 Å². The molecule has 0 saturated carbocycles. The van der Waals surface area contributed by atoms with Crippen LogP contribution >= 0.6 is 0 Å². The van der Waals surface area contributed by atoms with Crippen LogP contribution in [0.25, 0.3) is 0 Å². The predicted octanol–water partition coefficient (Wildman–Crippen LogP) is 2.23. The Kier molecular flexibility index (Phi) is 6.24. The first-order valence-corrected chi connectivity index (χ1v) is 7.00. The highest BCUT2D eigenvalue weighted by Gasteiger charge is 2.03. The van der Waals surface area contributed by atoms with Crippen molar-refractivity contribution in [1.29, 1.82) is 0 Å². The molecule has 3 heteroatoms. The summed E-state index contributed by atoms with van der Waals surface area (Å²) in [6, 6.07) is 20.6. The quantitative estimate of drug-likeness (QED) is 0.570. The van der Waals surface area contributed by atoms with Gasteiger partial charge in [-0.05, 0) is 11.1 Å². The van der Waals surface area contributed by atoms with E-state index in [-0.39, 0.29) is 6.73 Å². The van der Waals surface area contributed by atoms with Gasteiger partial charge in [-0.25, -0.2) is 0 Å². The van der Waals surface area contributed by atoms with Crippen molar-refractivity contribution in [3.8, 4) is 0 Å². The molecule has 0 aliphatic rings. The molecule has 0 saturated heterocycles. The molecule has 2 rings (SSSR count). The van der Waals surface area contributed by atoms with Crippen LogP contribution in [0.3, 0.4) is 0 Å². The second-order valence-corrected chi connectivity index (χ2v) is 4.84. The van der Waals surface area contributed by atoms with Crippen LogP contribution in [0, 0.1) is 0 Å². The third kappa shape index (κ3) is 5.13. The van der Waals surface area contributed by atoms with Crippen LogP contribution in [-0.4, -0.2) is 29.8 Å². The summed E-state index contributed by atoms with van der Waals surface area (Å²) in [6.07, 6.45) is 0.